The number of hydrogen-bond donors (Lipinski definition) is 8. The smallest absolute Gasteiger partial charge is 0.328 e. The van der Waals surface area contributed by atoms with Gasteiger partial charge >= 0.3 is 11.7 Å². The van der Waals surface area contributed by atoms with Crippen molar-refractivity contribution in [2.45, 2.75) is 102 Å². The number of nitrogen functional groups attached to an aromatic ring is 1. The van der Waals surface area contributed by atoms with Crippen molar-refractivity contribution in [3.63, 3.8) is 0 Å². The number of rotatable bonds is 18. The molecule has 2 fully saturated rings. The van der Waals surface area contributed by atoms with Crippen LogP contribution in [0.1, 0.15) is 62.1 Å². The third-order valence-corrected chi connectivity index (χ3v) is 10.8. The Morgan fingerprint density at radius 2 is 1.68 bits per heavy atom. The van der Waals surface area contributed by atoms with Crippen LogP contribution < -0.4 is 31.9 Å². The molecule has 0 spiro atoms. The number of nitrogens with one attached hydrogen (secondary N) is 2. The second-order valence-corrected chi connectivity index (χ2v) is 15.0. The van der Waals surface area contributed by atoms with E-state index in [1.165, 1.54) is 5.56 Å². The third kappa shape index (κ3) is 10.9. The zero-order valence-corrected chi connectivity index (χ0v) is 32.3. The molecule has 4 aromatic rings. The van der Waals surface area contributed by atoms with Gasteiger partial charge in [-0.1, -0.05) is 49.7 Å². The fourth-order valence-electron chi connectivity index (χ4n) is 7.19. The number of benzene rings is 2. The summed E-state index contributed by atoms with van der Waals surface area (Å²) in [7, 11) is 0. The highest BCUT2D eigenvalue weighted by Crippen LogP contribution is 2.26. The van der Waals surface area contributed by atoms with Crippen molar-refractivity contribution >= 4 is 22.9 Å². The molecular weight excluding hydrogens is 736 g/mol. The van der Waals surface area contributed by atoms with Crippen molar-refractivity contribution in [2.75, 3.05) is 38.6 Å². The summed E-state index contributed by atoms with van der Waals surface area (Å²) in [4.78, 5) is 39.4. The lowest BCUT2D eigenvalue weighted by Gasteiger charge is -2.39. The zero-order valence-electron chi connectivity index (χ0n) is 32.3. The van der Waals surface area contributed by atoms with Crippen molar-refractivity contribution in [2.24, 2.45) is 11.7 Å². The first-order chi connectivity index (χ1) is 27.5. The first kappa shape index (κ1) is 42.0. The predicted octanol–water partition coefficient (Wildman–Crippen LogP) is 0.786. The van der Waals surface area contributed by atoms with Gasteiger partial charge in [0.25, 0.3) is 0 Å². The number of imidazole rings is 1. The number of fused-ring (bicyclic) bond motifs is 1. The number of carbonyl (C=O) groups excluding carboxylic acids is 1. The molecule has 4 heterocycles. The summed E-state index contributed by atoms with van der Waals surface area (Å²) in [6, 6.07) is 14.8. The van der Waals surface area contributed by atoms with E-state index in [0.29, 0.717) is 55.4 Å². The molecule has 2 saturated heterocycles. The van der Waals surface area contributed by atoms with E-state index in [-0.39, 0.29) is 23.4 Å². The molecule has 2 aliphatic rings. The van der Waals surface area contributed by atoms with Gasteiger partial charge in [0.1, 0.15) is 35.7 Å². The molecule has 0 aliphatic carbocycles. The number of likely N-dealkylation sites (tertiary alicyclic amines) is 1. The van der Waals surface area contributed by atoms with E-state index in [1.807, 2.05) is 24.3 Å². The molecule has 0 bridgehead atoms. The summed E-state index contributed by atoms with van der Waals surface area (Å²) in [5, 5.41) is 42.5. The molecule has 17 heteroatoms. The summed E-state index contributed by atoms with van der Waals surface area (Å²) < 4.78 is 18.2. The Labute approximate surface area is 331 Å². The first-order valence-corrected chi connectivity index (χ1v) is 19.8. The average Bonchev–Trinajstić information content (AvgIpc) is 3.53. The van der Waals surface area contributed by atoms with Crippen molar-refractivity contribution in [3.05, 3.63) is 75.7 Å². The Kier molecular flexibility index (Phi) is 14.5. The second kappa shape index (κ2) is 19.7. The van der Waals surface area contributed by atoms with E-state index < -0.39 is 43.4 Å². The van der Waals surface area contributed by atoms with Gasteiger partial charge in [-0.3, -0.25) is 14.3 Å². The van der Waals surface area contributed by atoms with E-state index in [1.54, 1.807) is 16.7 Å². The van der Waals surface area contributed by atoms with Crippen LogP contribution in [0, 0.1) is 5.92 Å². The summed E-state index contributed by atoms with van der Waals surface area (Å²) in [6.07, 6.45) is -0.924. The van der Waals surface area contributed by atoms with Crippen LogP contribution in [0.4, 0.5) is 5.82 Å². The number of piperidine rings is 1. The Balaban J connectivity index is 0.876. The van der Waals surface area contributed by atoms with Gasteiger partial charge in [0.2, 0.25) is 12.2 Å². The minimum Gasteiger partial charge on any atom is -0.463 e. The first-order valence-electron chi connectivity index (χ1n) is 19.8. The number of carbonyl (C=O) groups is 1. The fourth-order valence-corrected chi connectivity index (χ4v) is 7.19. The Morgan fingerprint density at radius 3 is 2.37 bits per heavy atom. The maximum atomic E-state index is 12.8. The van der Waals surface area contributed by atoms with Crippen molar-refractivity contribution in [3.8, 4) is 11.8 Å². The van der Waals surface area contributed by atoms with Gasteiger partial charge in [-0.25, -0.2) is 4.79 Å². The highest BCUT2D eigenvalue weighted by Gasteiger charge is 2.44. The molecule has 2 aliphatic heterocycles. The molecule has 2 aromatic heterocycles. The number of ether oxygens (including phenoxy) is 3. The third-order valence-electron chi connectivity index (χ3n) is 10.8. The van der Waals surface area contributed by atoms with E-state index in [0.717, 1.165) is 62.9 Å². The van der Waals surface area contributed by atoms with Gasteiger partial charge < -0.3 is 56.4 Å². The number of H-pyrrole nitrogens is 1. The summed E-state index contributed by atoms with van der Waals surface area (Å²) >= 11 is 0. The van der Waals surface area contributed by atoms with E-state index in [2.05, 4.69) is 44.2 Å². The average molecular weight is 793 g/mol. The van der Waals surface area contributed by atoms with E-state index in [9.17, 15) is 30.0 Å². The normalized spacial score (nSPS) is 22.4. The molecule has 0 saturated carbocycles. The number of nitrogens with two attached hydrogens (primary N) is 2. The Hall–Kier alpha value is -4.62. The quantitative estimate of drug-likeness (QED) is 0.0649. The highest BCUT2D eigenvalue weighted by molar-refractivity contribution is 5.82. The number of aliphatic hydroxyl groups excluding tert-OH is 4. The van der Waals surface area contributed by atoms with Crippen LogP contribution in [0.25, 0.3) is 11.2 Å². The fraction of sp³-hybridized carbons (Fsp3) is 0.550. The number of nitrogens with zero attached hydrogens (tertiary/aromatic N) is 4. The van der Waals surface area contributed by atoms with Gasteiger partial charge in [-0.15, -0.1) is 0 Å². The number of aryl methyl sites for hydroxylation is 1. The van der Waals surface area contributed by atoms with Gasteiger partial charge in [0, 0.05) is 13.1 Å². The lowest BCUT2D eigenvalue weighted by molar-refractivity contribution is -0.277. The molecule has 1 amide bonds. The molecule has 2 aromatic carbocycles. The molecule has 0 radical (unpaired) electrons. The van der Waals surface area contributed by atoms with Crippen LogP contribution in [0.15, 0.2) is 53.3 Å². The van der Waals surface area contributed by atoms with E-state index in [4.69, 9.17) is 25.7 Å². The van der Waals surface area contributed by atoms with Crippen LogP contribution in [0.3, 0.4) is 0 Å². The second-order valence-electron chi connectivity index (χ2n) is 15.0. The van der Waals surface area contributed by atoms with Crippen LogP contribution in [-0.4, -0.2) is 120 Å². The SMILES string of the molecule is CCCCOc1nc(N)c2[nH]c(=O)n(Cc3ccc(CN4CCC(CCNC(=O)[C@@H](N)CCc5ccc(O[C@@H]6O[C@H](CO)[C@@H](O)[C@H](O)[C@H]6O)cc5)CC4)cc3)c2n1. The number of aromatic nitrogens is 4. The number of unbranched alkanes of at least 4 members (excludes halogenated alkanes) is 1. The van der Waals surface area contributed by atoms with Gasteiger partial charge in [0.15, 0.2) is 11.5 Å². The highest BCUT2D eigenvalue weighted by atomic mass is 16.7. The standard InChI is InChI=1S/C40H56N8O9/c1-2-3-20-55-39-45-35(42)31-36(46-39)48(40(54)44-31)22-27-6-4-26(5-7-27)21-47-18-15-25(16-19-47)14-17-43-37(53)29(41)13-10-24-8-11-28(12-9-24)56-38-34(52)33(51)32(50)30(23-49)57-38/h4-9,11-12,25,29-30,32-34,38,49-52H,2-3,10,13-23,41H2,1H3,(H,43,53)(H,44,54)(H2,42,45,46)/t29-,30+,32+,33-,34+,38+/m0/s1. The number of anilines is 1. The van der Waals surface area contributed by atoms with E-state index >= 15 is 0 Å². The Morgan fingerprint density at radius 1 is 1.00 bits per heavy atom. The molecule has 0 unspecified atom stereocenters. The molecule has 6 atom stereocenters. The summed E-state index contributed by atoms with van der Waals surface area (Å²) in [5.74, 6) is 0.895. The number of aromatic amines is 1. The lowest BCUT2D eigenvalue weighted by atomic mass is 9.93. The van der Waals surface area contributed by atoms with Crippen molar-refractivity contribution in [1.29, 1.82) is 0 Å². The Bertz CT molecular complexity index is 1950. The van der Waals surface area contributed by atoms with Gasteiger partial charge in [-0.2, -0.15) is 9.97 Å². The largest absolute Gasteiger partial charge is 0.463 e. The molecule has 17 nitrogen and oxygen atoms in total. The maximum Gasteiger partial charge on any atom is 0.328 e. The zero-order chi connectivity index (χ0) is 40.5. The van der Waals surface area contributed by atoms with Crippen LogP contribution >= 0.6 is 0 Å². The van der Waals surface area contributed by atoms with Gasteiger partial charge in [-0.05, 0) is 86.4 Å². The van der Waals surface area contributed by atoms with Crippen LogP contribution in [0.5, 0.6) is 11.8 Å². The number of hydrogen-bond acceptors (Lipinski definition) is 14. The molecular formula is C40H56N8O9. The maximum absolute atomic E-state index is 12.8. The van der Waals surface area contributed by atoms with Crippen LogP contribution in [0.2, 0.25) is 0 Å². The predicted molar refractivity (Wildman–Crippen MR) is 211 cm³/mol. The molecule has 10 N–H and O–H groups in total. The minimum absolute atomic E-state index is 0.163. The number of aliphatic hydroxyl groups is 4. The van der Waals surface area contributed by atoms with Crippen LogP contribution in [-0.2, 0) is 29.0 Å². The lowest BCUT2D eigenvalue weighted by Crippen LogP contribution is -2.60. The van der Waals surface area contributed by atoms with Gasteiger partial charge in [0.05, 0.1) is 25.8 Å². The van der Waals surface area contributed by atoms with Crippen molar-refractivity contribution < 1.29 is 39.4 Å². The molecule has 57 heavy (non-hydrogen) atoms. The topological polar surface area (TPSA) is 257 Å². The molecule has 6 rings (SSSR count). The summed E-state index contributed by atoms with van der Waals surface area (Å²) in [5.41, 5.74) is 15.9. The number of amides is 1. The monoisotopic (exact) mass is 792 g/mol. The summed E-state index contributed by atoms with van der Waals surface area (Å²) in [6.45, 7) is 5.70. The molecule has 310 valence electrons. The van der Waals surface area contributed by atoms with Crippen molar-refractivity contribution in [1.82, 2.24) is 29.7 Å². The minimum atomic E-state index is -1.52.